The van der Waals surface area contributed by atoms with Crippen molar-refractivity contribution in [3.05, 3.63) is 19.2 Å². The van der Waals surface area contributed by atoms with Crippen LogP contribution in [0.25, 0.3) is 0 Å². The summed E-state index contributed by atoms with van der Waals surface area (Å²) in [6.45, 7) is 0. The normalized spacial score (nSPS) is 9.40. The molecule has 0 aromatic carbocycles. The quantitative estimate of drug-likeness (QED) is 0.780. The van der Waals surface area contributed by atoms with E-state index < -0.39 is 0 Å². The van der Waals surface area contributed by atoms with Crippen LogP contribution in [0.5, 0.6) is 0 Å². The average Bonchev–Trinajstić information content (AvgIpc) is 2.09. The highest BCUT2D eigenvalue weighted by Gasteiger charge is 2.10. The van der Waals surface area contributed by atoms with E-state index in [0.29, 0.717) is 10.2 Å². The van der Waals surface area contributed by atoms with Gasteiger partial charge in [-0.1, -0.05) is 0 Å². The van der Waals surface area contributed by atoms with Gasteiger partial charge in [0.1, 0.15) is 10.7 Å². The van der Waals surface area contributed by atoms with Crippen LogP contribution < -0.4 is 0 Å². The van der Waals surface area contributed by atoms with Gasteiger partial charge < -0.3 is 4.98 Å². The van der Waals surface area contributed by atoms with Gasteiger partial charge in [-0.25, -0.2) is 0 Å². The minimum absolute atomic E-state index is 0.576. The molecule has 0 saturated heterocycles. The fraction of sp³-hybridized carbons (Fsp3) is 0. The van der Waals surface area contributed by atoms with Crippen molar-refractivity contribution in [3.63, 3.8) is 0 Å². The highest BCUT2D eigenvalue weighted by Crippen LogP contribution is 2.31. The van der Waals surface area contributed by atoms with Crippen LogP contribution in [0.4, 0.5) is 0 Å². The molecule has 1 heterocycles. The molecular formula is C5HBr3N2. The van der Waals surface area contributed by atoms with Gasteiger partial charge in [-0.3, -0.25) is 0 Å². The third-order valence-corrected chi connectivity index (χ3v) is 3.48. The Morgan fingerprint density at radius 2 is 1.80 bits per heavy atom. The second-order valence-electron chi connectivity index (χ2n) is 1.55. The standard InChI is InChI=1S/C5HBr3N2/c6-3-2(1-9)4(7)10-5(3)8/h10H. The first kappa shape index (κ1) is 8.31. The number of nitrogens with zero attached hydrogens (tertiary/aromatic N) is 1. The summed E-state index contributed by atoms with van der Waals surface area (Å²) in [6.07, 6.45) is 0. The highest BCUT2D eigenvalue weighted by atomic mass is 79.9. The summed E-state index contributed by atoms with van der Waals surface area (Å²) in [5.41, 5.74) is 0.576. The number of H-pyrrole nitrogens is 1. The predicted molar refractivity (Wildman–Crippen MR) is 48.6 cm³/mol. The van der Waals surface area contributed by atoms with Crippen LogP contribution in [0.1, 0.15) is 5.56 Å². The van der Waals surface area contributed by atoms with Crippen molar-refractivity contribution in [2.24, 2.45) is 0 Å². The van der Waals surface area contributed by atoms with Crippen molar-refractivity contribution < 1.29 is 0 Å². The summed E-state index contributed by atoms with van der Waals surface area (Å²) in [7, 11) is 0. The number of rotatable bonds is 0. The molecule has 0 aliphatic heterocycles. The Balaban J connectivity index is 3.37. The van der Waals surface area contributed by atoms with E-state index in [4.69, 9.17) is 5.26 Å². The van der Waals surface area contributed by atoms with E-state index in [-0.39, 0.29) is 0 Å². The molecule has 52 valence electrons. The Kier molecular flexibility index (Phi) is 2.55. The van der Waals surface area contributed by atoms with E-state index in [9.17, 15) is 0 Å². The van der Waals surface area contributed by atoms with E-state index in [1.165, 1.54) is 0 Å². The fourth-order valence-electron chi connectivity index (χ4n) is 0.518. The van der Waals surface area contributed by atoms with Crippen LogP contribution in [-0.2, 0) is 0 Å². The minimum atomic E-state index is 0.576. The maximum absolute atomic E-state index is 8.56. The molecule has 1 aromatic rings. The lowest BCUT2D eigenvalue weighted by Gasteiger charge is -1.81. The molecule has 0 fully saturated rings. The molecule has 2 nitrogen and oxygen atoms in total. The fourth-order valence-corrected chi connectivity index (χ4v) is 2.32. The molecule has 1 aromatic heterocycles. The molecule has 0 radical (unpaired) electrons. The van der Waals surface area contributed by atoms with Crippen molar-refractivity contribution in [2.45, 2.75) is 0 Å². The Hall–Kier alpha value is 0.210. The van der Waals surface area contributed by atoms with Crippen molar-refractivity contribution in [1.29, 1.82) is 5.26 Å². The zero-order valence-electron chi connectivity index (χ0n) is 4.58. The van der Waals surface area contributed by atoms with E-state index in [1.807, 2.05) is 6.07 Å². The van der Waals surface area contributed by atoms with Crippen molar-refractivity contribution in [3.8, 4) is 6.07 Å². The first-order valence-corrected chi connectivity index (χ1v) is 4.67. The van der Waals surface area contributed by atoms with Crippen LogP contribution >= 0.6 is 47.8 Å². The van der Waals surface area contributed by atoms with Crippen molar-refractivity contribution >= 4 is 47.8 Å². The molecule has 0 atom stereocenters. The molecule has 1 N–H and O–H groups in total. The number of aromatic nitrogens is 1. The second kappa shape index (κ2) is 3.07. The van der Waals surface area contributed by atoms with Gasteiger partial charge in [-0.15, -0.1) is 0 Å². The summed E-state index contributed by atoms with van der Waals surface area (Å²) < 4.78 is 2.21. The maximum atomic E-state index is 8.56. The topological polar surface area (TPSA) is 39.6 Å². The van der Waals surface area contributed by atoms with Crippen LogP contribution in [0.2, 0.25) is 0 Å². The summed E-state index contributed by atoms with van der Waals surface area (Å²) in [6, 6.07) is 2.03. The summed E-state index contributed by atoms with van der Waals surface area (Å²) in [5, 5.41) is 8.56. The molecule has 0 bridgehead atoms. The zero-order chi connectivity index (χ0) is 7.72. The van der Waals surface area contributed by atoms with Crippen molar-refractivity contribution in [2.75, 3.05) is 0 Å². The molecule has 0 unspecified atom stereocenters. The summed E-state index contributed by atoms with van der Waals surface area (Å²) in [4.78, 5) is 2.89. The molecule has 0 saturated carbocycles. The number of hydrogen-bond acceptors (Lipinski definition) is 1. The molecular weight excluding hydrogens is 328 g/mol. The largest absolute Gasteiger partial charge is 0.342 e. The minimum Gasteiger partial charge on any atom is -0.342 e. The SMILES string of the molecule is N#Cc1c(Br)[nH]c(Br)c1Br. The molecule has 10 heavy (non-hydrogen) atoms. The molecule has 0 aliphatic carbocycles. The number of nitrogens with one attached hydrogen (secondary N) is 1. The monoisotopic (exact) mass is 326 g/mol. The predicted octanol–water partition coefficient (Wildman–Crippen LogP) is 3.17. The lowest BCUT2D eigenvalue weighted by molar-refractivity contribution is 1.30. The smallest absolute Gasteiger partial charge is 0.103 e. The molecule has 5 heteroatoms. The molecule has 1 rings (SSSR count). The first-order valence-electron chi connectivity index (χ1n) is 2.29. The van der Waals surface area contributed by atoms with Gasteiger partial charge in [-0.2, -0.15) is 5.26 Å². The van der Waals surface area contributed by atoms with E-state index in [0.717, 1.165) is 9.08 Å². The number of halogens is 3. The van der Waals surface area contributed by atoms with E-state index in [2.05, 4.69) is 52.8 Å². The Morgan fingerprint density at radius 1 is 1.20 bits per heavy atom. The Morgan fingerprint density at radius 3 is 2.00 bits per heavy atom. The van der Waals surface area contributed by atoms with E-state index >= 15 is 0 Å². The van der Waals surface area contributed by atoms with Gasteiger partial charge in [0.25, 0.3) is 0 Å². The second-order valence-corrected chi connectivity index (χ2v) is 3.93. The molecule has 0 spiro atoms. The number of hydrogen-bond donors (Lipinski definition) is 1. The Labute approximate surface area is 83.0 Å². The number of aromatic amines is 1. The number of nitriles is 1. The molecule has 0 aliphatic rings. The van der Waals surface area contributed by atoms with Gasteiger partial charge in [-0.05, 0) is 47.8 Å². The van der Waals surface area contributed by atoms with Gasteiger partial charge in [0.15, 0.2) is 0 Å². The van der Waals surface area contributed by atoms with Gasteiger partial charge >= 0.3 is 0 Å². The first-order chi connectivity index (χ1) is 4.66. The van der Waals surface area contributed by atoms with Crippen molar-refractivity contribution in [1.82, 2.24) is 4.98 Å². The summed E-state index contributed by atoms with van der Waals surface area (Å²) in [5.74, 6) is 0. The summed E-state index contributed by atoms with van der Waals surface area (Å²) >= 11 is 9.64. The molecule has 0 amide bonds. The third-order valence-electron chi connectivity index (χ3n) is 0.963. The van der Waals surface area contributed by atoms with Crippen LogP contribution in [-0.4, -0.2) is 4.98 Å². The Bertz CT molecular complexity index is 297. The lowest BCUT2D eigenvalue weighted by atomic mass is 10.4. The van der Waals surface area contributed by atoms with Gasteiger partial charge in [0.2, 0.25) is 0 Å². The zero-order valence-corrected chi connectivity index (χ0v) is 9.34. The van der Waals surface area contributed by atoms with Crippen LogP contribution in [0, 0.1) is 11.3 Å². The third kappa shape index (κ3) is 1.29. The average molecular weight is 329 g/mol. The van der Waals surface area contributed by atoms with Crippen LogP contribution in [0.15, 0.2) is 13.7 Å². The van der Waals surface area contributed by atoms with Crippen LogP contribution in [0.3, 0.4) is 0 Å². The lowest BCUT2D eigenvalue weighted by Crippen LogP contribution is -1.67. The van der Waals surface area contributed by atoms with Gasteiger partial charge in [0, 0.05) is 0 Å². The highest BCUT2D eigenvalue weighted by molar-refractivity contribution is 9.13. The maximum Gasteiger partial charge on any atom is 0.103 e. The van der Waals surface area contributed by atoms with Gasteiger partial charge in [0.05, 0.1) is 14.6 Å². The van der Waals surface area contributed by atoms with E-state index in [1.54, 1.807) is 0 Å².